The summed E-state index contributed by atoms with van der Waals surface area (Å²) in [4.78, 5) is 20.0. The monoisotopic (exact) mass is 229 g/mol. The number of aldehydes is 1. The molecule has 1 N–H and O–H groups in total. The zero-order valence-electron chi connectivity index (χ0n) is 10.9. The fourth-order valence-corrected chi connectivity index (χ4v) is 0.509. The molecule has 0 aliphatic carbocycles. The first-order chi connectivity index (χ1) is 7.24. The van der Waals surface area contributed by atoms with E-state index in [1.807, 2.05) is 20.8 Å². The fraction of sp³-hybridized carbons (Fsp3) is 0.667. The van der Waals surface area contributed by atoms with Crippen molar-refractivity contribution in [2.75, 3.05) is 7.11 Å². The normalized spacial score (nSPS) is 13.8. The summed E-state index contributed by atoms with van der Waals surface area (Å²) in [5, 5.41) is 2.48. The second-order valence-electron chi connectivity index (χ2n) is 4.57. The molecule has 0 rings (SSSR count). The minimum atomic E-state index is -0.580. The van der Waals surface area contributed by atoms with Crippen LogP contribution in [0.15, 0.2) is 12.7 Å². The number of carbonyl (C=O) groups is 2. The maximum absolute atomic E-state index is 10.1. The van der Waals surface area contributed by atoms with Gasteiger partial charge in [0.25, 0.3) is 0 Å². The number of ether oxygens (including phenoxy) is 1. The van der Waals surface area contributed by atoms with E-state index in [1.54, 1.807) is 14.0 Å². The maximum atomic E-state index is 10.1. The van der Waals surface area contributed by atoms with Crippen LogP contribution >= 0.6 is 0 Å². The maximum Gasteiger partial charge on any atom is 0.207 e. The van der Waals surface area contributed by atoms with Gasteiger partial charge in [0, 0.05) is 13.5 Å². The molecule has 0 saturated carbocycles. The molecule has 0 fully saturated rings. The molecule has 1 atom stereocenters. The summed E-state index contributed by atoms with van der Waals surface area (Å²) >= 11 is 0. The third-order valence-corrected chi connectivity index (χ3v) is 1.96. The Labute approximate surface area is 98.1 Å². The summed E-state index contributed by atoms with van der Waals surface area (Å²) in [5.74, 6) is 0. The topological polar surface area (TPSA) is 55.4 Å². The second-order valence-corrected chi connectivity index (χ2v) is 4.57. The number of nitrogens with one attached hydrogen (secondary N) is 1. The van der Waals surface area contributed by atoms with Crippen LogP contribution in [0.1, 0.15) is 34.1 Å². The molecule has 4 heteroatoms. The SMILES string of the molecule is C=CC(C)(CC=O)NC=O.COC(C)(C)C. The van der Waals surface area contributed by atoms with Crippen molar-refractivity contribution in [1.82, 2.24) is 5.32 Å². The van der Waals surface area contributed by atoms with Crippen molar-refractivity contribution in [1.29, 1.82) is 0 Å². The van der Waals surface area contributed by atoms with Crippen molar-refractivity contribution in [3.63, 3.8) is 0 Å². The minimum absolute atomic E-state index is 0.0417. The van der Waals surface area contributed by atoms with Crippen LogP contribution in [-0.4, -0.2) is 30.9 Å². The summed E-state index contributed by atoms with van der Waals surface area (Å²) in [7, 11) is 1.71. The van der Waals surface area contributed by atoms with Gasteiger partial charge < -0.3 is 14.8 Å². The fourth-order valence-electron chi connectivity index (χ4n) is 0.509. The van der Waals surface area contributed by atoms with Gasteiger partial charge in [0.2, 0.25) is 6.41 Å². The van der Waals surface area contributed by atoms with E-state index in [0.29, 0.717) is 6.41 Å². The Bertz CT molecular complexity index is 209. The Morgan fingerprint density at radius 3 is 1.88 bits per heavy atom. The van der Waals surface area contributed by atoms with Gasteiger partial charge >= 0.3 is 0 Å². The van der Waals surface area contributed by atoms with Crippen molar-refractivity contribution < 1.29 is 14.3 Å². The van der Waals surface area contributed by atoms with Gasteiger partial charge in [0.15, 0.2) is 0 Å². The first-order valence-corrected chi connectivity index (χ1v) is 5.08. The lowest BCUT2D eigenvalue weighted by Gasteiger charge is -2.21. The molecule has 0 radical (unpaired) electrons. The van der Waals surface area contributed by atoms with Crippen LogP contribution in [0.4, 0.5) is 0 Å². The van der Waals surface area contributed by atoms with Crippen molar-refractivity contribution in [3.8, 4) is 0 Å². The lowest BCUT2D eigenvalue weighted by atomic mass is 10.00. The van der Waals surface area contributed by atoms with E-state index in [9.17, 15) is 9.59 Å². The lowest BCUT2D eigenvalue weighted by molar-refractivity contribution is -0.111. The zero-order chi connectivity index (χ0) is 13.2. The van der Waals surface area contributed by atoms with Gasteiger partial charge in [-0.2, -0.15) is 0 Å². The Morgan fingerprint density at radius 2 is 1.69 bits per heavy atom. The van der Waals surface area contributed by atoms with Crippen LogP contribution in [0.3, 0.4) is 0 Å². The second kappa shape index (κ2) is 8.05. The first kappa shape index (κ1) is 17.2. The summed E-state index contributed by atoms with van der Waals surface area (Å²) in [6, 6.07) is 0. The van der Waals surface area contributed by atoms with Gasteiger partial charge in [-0.1, -0.05) is 6.08 Å². The molecule has 0 aromatic carbocycles. The van der Waals surface area contributed by atoms with E-state index >= 15 is 0 Å². The number of amides is 1. The standard InChI is InChI=1S/C7H11NO2.C5H12O/c1-3-7(2,4-5-9)8-6-10;1-5(2,3)6-4/h3,5-6H,1,4H2,2H3,(H,8,10);1-4H3. The Morgan fingerprint density at radius 1 is 1.25 bits per heavy atom. The molecule has 0 aromatic heterocycles. The van der Waals surface area contributed by atoms with Gasteiger partial charge in [0.1, 0.15) is 6.29 Å². The lowest BCUT2D eigenvalue weighted by Crippen LogP contribution is -2.39. The molecule has 4 nitrogen and oxygen atoms in total. The van der Waals surface area contributed by atoms with Gasteiger partial charge in [0.05, 0.1) is 11.1 Å². The minimum Gasteiger partial charge on any atom is -0.379 e. The summed E-state index contributed by atoms with van der Waals surface area (Å²) in [6.07, 6.45) is 3.11. The molecule has 1 amide bonds. The van der Waals surface area contributed by atoms with E-state index in [0.717, 1.165) is 6.29 Å². The molecule has 0 heterocycles. The van der Waals surface area contributed by atoms with Crippen LogP contribution in [0.5, 0.6) is 0 Å². The van der Waals surface area contributed by atoms with E-state index in [4.69, 9.17) is 4.74 Å². The average Bonchev–Trinajstić information content (AvgIpc) is 2.18. The highest BCUT2D eigenvalue weighted by atomic mass is 16.5. The average molecular weight is 229 g/mol. The quantitative estimate of drug-likeness (QED) is 0.576. The predicted octanol–water partition coefficient (Wildman–Crippen LogP) is 1.70. The van der Waals surface area contributed by atoms with Crippen molar-refractivity contribution >= 4 is 12.7 Å². The molecule has 0 aliphatic rings. The van der Waals surface area contributed by atoms with E-state index < -0.39 is 5.54 Å². The number of carbonyl (C=O) groups excluding carboxylic acids is 2. The molecule has 16 heavy (non-hydrogen) atoms. The highest BCUT2D eigenvalue weighted by Crippen LogP contribution is 2.06. The number of hydrogen-bond acceptors (Lipinski definition) is 3. The Hall–Kier alpha value is -1.16. The molecule has 94 valence electrons. The number of hydrogen-bond donors (Lipinski definition) is 1. The van der Waals surface area contributed by atoms with Crippen LogP contribution in [-0.2, 0) is 14.3 Å². The molecular formula is C12H23NO3. The van der Waals surface area contributed by atoms with Crippen LogP contribution < -0.4 is 5.32 Å². The summed E-state index contributed by atoms with van der Waals surface area (Å²) in [6.45, 7) is 11.3. The van der Waals surface area contributed by atoms with Gasteiger partial charge in [-0.25, -0.2) is 0 Å². The van der Waals surface area contributed by atoms with Crippen molar-refractivity contribution in [3.05, 3.63) is 12.7 Å². The van der Waals surface area contributed by atoms with E-state index in [2.05, 4.69) is 11.9 Å². The Balaban J connectivity index is 0. The predicted molar refractivity (Wildman–Crippen MR) is 65.2 cm³/mol. The smallest absolute Gasteiger partial charge is 0.207 e. The zero-order valence-corrected chi connectivity index (χ0v) is 10.9. The third kappa shape index (κ3) is 10.9. The number of methoxy groups -OCH3 is 1. The summed E-state index contributed by atoms with van der Waals surface area (Å²) in [5.41, 5.74) is -0.538. The van der Waals surface area contributed by atoms with Crippen LogP contribution in [0, 0.1) is 0 Å². The Kier molecular flexibility index (Phi) is 8.67. The third-order valence-electron chi connectivity index (χ3n) is 1.96. The van der Waals surface area contributed by atoms with Crippen molar-refractivity contribution in [2.24, 2.45) is 0 Å². The van der Waals surface area contributed by atoms with Crippen molar-refractivity contribution in [2.45, 2.75) is 45.3 Å². The van der Waals surface area contributed by atoms with E-state index in [1.165, 1.54) is 6.08 Å². The molecule has 0 spiro atoms. The summed E-state index contributed by atoms with van der Waals surface area (Å²) < 4.78 is 4.94. The molecule has 0 bridgehead atoms. The first-order valence-electron chi connectivity index (χ1n) is 5.08. The molecule has 0 aliphatic heterocycles. The molecule has 1 unspecified atom stereocenters. The van der Waals surface area contributed by atoms with Crippen LogP contribution in [0.2, 0.25) is 0 Å². The highest BCUT2D eigenvalue weighted by Gasteiger charge is 2.17. The van der Waals surface area contributed by atoms with Gasteiger partial charge in [-0.05, 0) is 27.7 Å². The molecule has 0 aromatic rings. The molecular weight excluding hydrogens is 206 g/mol. The van der Waals surface area contributed by atoms with E-state index in [-0.39, 0.29) is 12.0 Å². The van der Waals surface area contributed by atoms with Gasteiger partial charge in [-0.3, -0.25) is 4.79 Å². The largest absolute Gasteiger partial charge is 0.379 e. The molecule has 0 saturated heterocycles. The van der Waals surface area contributed by atoms with Crippen LogP contribution in [0.25, 0.3) is 0 Å². The highest BCUT2D eigenvalue weighted by molar-refractivity contribution is 5.56. The number of rotatable bonds is 5. The van der Waals surface area contributed by atoms with Gasteiger partial charge in [-0.15, -0.1) is 6.58 Å².